The number of nitrogens with zero attached hydrogens (tertiary/aromatic N) is 3. The monoisotopic (exact) mass is 529 g/mol. The summed E-state index contributed by atoms with van der Waals surface area (Å²) in [5, 5.41) is 10.3. The van der Waals surface area contributed by atoms with E-state index in [9.17, 15) is 14.4 Å². The van der Waals surface area contributed by atoms with Crippen LogP contribution in [0.3, 0.4) is 0 Å². The molecule has 0 atom stereocenters. The van der Waals surface area contributed by atoms with Gasteiger partial charge in [-0.05, 0) is 57.0 Å². The molecule has 39 heavy (non-hydrogen) atoms. The van der Waals surface area contributed by atoms with Gasteiger partial charge in [-0.2, -0.15) is 5.10 Å². The van der Waals surface area contributed by atoms with Crippen LogP contribution in [0.15, 0.2) is 67.0 Å². The lowest BCUT2D eigenvalue weighted by atomic mass is 10.1. The predicted molar refractivity (Wildman–Crippen MR) is 146 cm³/mol. The van der Waals surface area contributed by atoms with Crippen molar-refractivity contribution in [3.63, 3.8) is 0 Å². The molecule has 0 aliphatic rings. The number of imidazole rings is 1. The van der Waals surface area contributed by atoms with Crippen LogP contribution in [0.1, 0.15) is 49.2 Å². The SMILES string of the molecule is CCOC(=O)Cc1ccccc1NC(=O)c1cc(-c2cccc(CNC(=O)OC(C)(C)C)c2)nn2ccnc12. The number of carbonyl (C=O) groups excluding carboxylic acids is 3. The van der Waals surface area contributed by atoms with E-state index >= 15 is 0 Å². The summed E-state index contributed by atoms with van der Waals surface area (Å²) in [6, 6.07) is 16.3. The summed E-state index contributed by atoms with van der Waals surface area (Å²) in [6.45, 7) is 7.70. The van der Waals surface area contributed by atoms with Gasteiger partial charge in [0.05, 0.1) is 24.3 Å². The molecule has 0 bridgehead atoms. The molecule has 2 N–H and O–H groups in total. The Morgan fingerprint density at radius 3 is 2.59 bits per heavy atom. The normalized spacial score (nSPS) is 11.2. The summed E-state index contributed by atoms with van der Waals surface area (Å²) in [5.41, 5.74) is 3.40. The van der Waals surface area contributed by atoms with Gasteiger partial charge in [-0.3, -0.25) is 9.59 Å². The van der Waals surface area contributed by atoms with Gasteiger partial charge >= 0.3 is 12.1 Å². The average molecular weight is 530 g/mol. The number of ether oxygens (including phenoxy) is 2. The number of alkyl carbamates (subject to hydrolysis) is 1. The highest BCUT2D eigenvalue weighted by Crippen LogP contribution is 2.24. The zero-order chi connectivity index (χ0) is 28.0. The molecule has 4 rings (SSSR count). The Morgan fingerprint density at radius 2 is 1.82 bits per heavy atom. The first-order valence-corrected chi connectivity index (χ1v) is 12.6. The number of para-hydroxylation sites is 1. The van der Waals surface area contributed by atoms with Crippen LogP contribution in [0.2, 0.25) is 0 Å². The number of carbonyl (C=O) groups is 3. The molecule has 202 valence electrons. The molecule has 10 heteroatoms. The fourth-order valence-electron chi connectivity index (χ4n) is 3.91. The smallest absolute Gasteiger partial charge is 0.407 e. The van der Waals surface area contributed by atoms with Crippen molar-refractivity contribution < 1.29 is 23.9 Å². The zero-order valence-corrected chi connectivity index (χ0v) is 22.4. The fourth-order valence-corrected chi connectivity index (χ4v) is 3.91. The highest BCUT2D eigenvalue weighted by molar-refractivity contribution is 6.09. The quantitative estimate of drug-likeness (QED) is 0.315. The van der Waals surface area contributed by atoms with Crippen molar-refractivity contribution in [3.8, 4) is 11.3 Å². The van der Waals surface area contributed by atoms with E-state index in [4.69, 9.17) is 9.47 Å². The summed E-state index contributed by atoms with van der Waals surface area (Å²) in [7, 11) is 0. The van der Waals surface area contributed by atoms with Crippen LogP contribution in [0, 0.1) is 0 Å². The zero-order valence-electron chi connectivity index (χ0n) is 22.4. The highest BCUT2D eigenvalue weighted by Gasteiger charge is 2.19. The molecule has 2 aromatic carbocycles. The number of hydrogen-bond acceptors (Lipinski definition) is 7. The Hall–Kier alpha value is -4.73. The van der Waals surface area contributed by atoms with Gasteiger partial charge in [0.1, 0.15) is 5.60 Å². The molecule has 0 fully saturated rings. The van der Waals surface area contributed by atoms with E-state index in [-0.39, 0.29) is 25.5 Å². The van der Waals surface area contributed by atoms with Gasteiger partial charge in [-0.1, -0.05) is 36.4 Å². The number of nitrogens with one attached hydrogen (secondary N) is 2. The average Bonchev–Trinajstić information content (AvgIpc) is 3.36. The molecular formula is C29H31N5O5. The van der Waals surface area contributed by atoms with Crippen molar-refractivity contribution in [2.45, 2.75) is 46.3 Å². The first-order chi connectivity index (χ1) is 18.6. The van der Waals surface area contributed by atoms with Crippen LogP contribution in [0.5, 0.6) is 0 Å². The van der Waals surface area contributed by atoms with E-state index in [1.807, 2.05) is 24.3 Å². The molecule has 0 unspecified atom stereocenters. The minimum absolute atomic E-state index is 0.0365. The van der Waals surface area contributed by atoms with E-state index in [1.165, 1.54) is 0 Å². The minimum Gasteiger partial charge on any atom is -0.466 e. The highest BCUT2D eigenvalue weighted by atomic mass is 16.6. The topological polar surface area (TPSA) is 124 Å². The molecule has 2 heterocycles. The van der Waals surface area contributed by atoms with E-state index in [0.717, 1.165) is 11.1 Å². The lowest BCUT2D eigenvalue weighted by Crippen LogP contribution is -2.32. The third-order valence-electron chi connectivity index (χ3n) is 5.57. The molecule has 0 saturated heterocycles. The summed E-state index contributed by atoms with van der Waals surface area (Å²) < 4.78 is 11.9. The summed E-state index contributed by atoms with van der Waals surface area (Å²) in [6.07, 6.45) is 2.76. The van der Waals surface area contributed by atoms with Crippen LogP contribution < -0.4 is 10.6 Å². The number of benzene rings is 2. The van der Waals surface area contributed by atoms with Crippen molar-refractivity contribution in [1.82, 2.24) is 19.9 Å². The molecule has 2 aromatic heterocycles. The first-order valence-electron chi connectivity index (χ1n) is 12.6. The second-order valence-electron chi connectivity index (χ2n) is 9.79. The fraction of sp³-hybridized carbons (Fsp3) is 0.276. The van der Waals surface area contributed by atoms with E-state index < -0.39 is 17.6 Å². The lowest BCUT2D eigenvalue weighted by Gasteiger charge is -2.19. The van der Waals surface area contributed by atoms with Crippen LogP contribution in [0.4, 0.5) is 10.5 Å². The molecule has 0 radical (unpaired) electrons. The Balaban J connectivity index is 1.59. The molecule has 4 aromatic rings. The number of rotatable bonds is 8. The van der Waals surface area contributed by atoms with Crippen molar-refractivity contribution in [2.24, 2.45) is 0 Å². The van der Waals surface area contributed by atoms with E-state index in [2.05, 4.69) is 20.7 Å². The maximum absolute atomic E-state index is 13.5. The summed E-state index contributed by atoms with van der Waals surface area (Å²) >= 11 is 0. The van der Waals surface area contributed by atoms with Crippen LogP contribution in [0.25, 0.3) is 16.9 Å². The summed E-state index contributed by atoms with van der Waals surface area (Å²) in [4.78, 5) is 41.9. The number of fused-ring (bicyclic) bond motifs is 1. The second-order valence-corrected chi connectivity index (χ2v) is 9.79. The molecular weight excluding hydrogens is 498 g/mol. The Morgan fingerprint density at radius 1 is 1.03 bits per heavy atom. The van der Waals surface area contributed by atoms with Crippen LogP contribution in [-0.2, 0) is 27.2 Å². The minimum atomic E-state index is -0.591. The Kier molecular flexibility index (Phi) is 8.24. The molecule has 0 aliphatic carbocycles. The standard InChI is InChI=1S/C29H31N5O5/c1-5-38-25(35)16-21-10-6-7-12-23(21)32-27(36)22-17-24(33-34-14-13-30-26(22)34)20-11-8-9-19(15-20)18-31-28(37)39-29(2,3)4/h6-15,17H,5,16,18H2,1-4H3,(H,31,37)(H,32,36). The third-order valence-corrected chi connectivity index (χ3v) is 5.57. The first kappa shape index (κ1) is 27.3. The Bertz CT molecular complexity index is 1510. The van der Waals surface area contributed by atoms with Crippen molar-refractivity contribution >= 4 is 29.3 Å². The van der Waals surface area contributed by atoms with Gasteiger partial charge in [0.2, 0.25) is 0 Å². The molecule has 0 saturated carbocycles. The summed E-state index contributed by atoms with van der Waals surface area (Å²) in [5.74, 6) is -0.768. The van der Waals surface area contributed by atoms with Gasteiger partial charge in [0.25, 0.3) is 5.91 Å². The largest absolute Gasteiger partial charge is 0.466 e. The van der Waals surface area contributed by atoms with Gasteiger partial charge in [-0.15, -0.1) is 0 Å². The van der Waals surface area contributed by atoms with Gasteiger partial charge < -0.3 is 20.1 Å². The van der Waals surface area contributed by atoms with Gasteiger partial charge in [0, 0.05) is 30.2 Å². The molecule has 0 spiro atoms. The maximum Gasteiger partial charge on any atom is 0.407 e. The number of hydrogen-bond donors (Lipinski definition) is 2. The van der Waals surface area contributed by atoms with Crippen LogP contribution >= 0.6 is 0 Å². The number of anilines is 1. The van der Waals surface area contributed by atoms with E-state index in [0.29, 0.717) is 28.2 Å². The lowest BCUT2D eigenvalue weighted by molar-refractivity contribution is -0.142. The van der Waals surface area contributed by atoms with Gasteiger partial charge in [-0.25, -0.2) is 14.3 Å². The van der Waals surface area contributed by atoms with E-state index in [1.54, 1.807) is 74.9 Å². The number of aromatic nitrogens is 3. The van der Waals surface area contributed by atoms with Crippen molar-refractivity contribution in [3.05, 3.63) is 83.7 Å². The third kappa shape index (κ3) is 7.19. The number of amides is 2. The Labute approximate surface area is 226 Å². The molecule has 2 amide bonds. The second kappa shape index (κ2) is 11.8. The van der Waals surface area contributed by atoms with Gasteiger partial charge in [0.15, 0.2) is 5.65 Å². The van der Waals surface area contributed by atoms with Crippen molar-refractivity contribution in [1.29, 1.82) is 0 Å². The predicted octanol–water partition coefficient (Wildman–Crippen LogP) is 4.78. The van der Waals surface area contributed by atoms with Crippen molar-refractivity contribution in [2.75, 3.05) is 11.9 Å². The van der Waals surface area contributed by atoms with Crippen LogP contribution in [-0.4, -0.2) is 44.8 Å². The maximum atomic E-state index is 13.5. The molecule has 0 aliphatic heterocycles. The molecule has 10 nitrogen and oxygen atoms in total. The number of esters is 1.